The van der Waals surface area contributed by atoms with Crippen LogP contribution in [-0.2, 0) is 21.4 Å². The molecule has 0 bridgehead atoms. The van der Waals surface area contributed by atoms with Crippen LogP contribution in [0.1, 0.15) is 31.9 Å². The van der Waals surface area contributed by atoms with Crippen molar-refractivity contribution in [1.82, 2.24) is 14.2 Å². The Kier molecular flexibility index (Phi) is 8.00. The number of hydrogen-bond acceptors (Lipinski definition) is 6. The van der Waals surface area contributed by atoms with Crippen molar-refractivity contribution >= 4 is 15.9 Å². The Labute approximate surface area is 194 Å². The number of piperidine rings is 1. The largest absolute Gasteiger partial charge is 0.497 e. The van der Waals surface area contributed by atoms with Gasteiger partial charge in [0.2, 0.25) is 15.9 Å². The zero-order valence-corrected chi connectivity index (χ0v) is 20.0. The van der Waals surface area contributed by atoms with Gasteiger partial charge in [0.1, 0.15) is 34.2 Å². The molecule has 2 heterocycles. The monoisotopic (exact) mass is 474 g/mol. The molecule has 1 aromatic heterocycles. The number of hydrogen-bond donors (Lipinski definition) is 1. The SMILES string of the molecule is COc1ccc(OC)c(S(=O)(=O)NC(CCn2cccc2C#N)C(=O)N2CCC(C)CC2)c1. The molecule has 1 aliphatic heterocycles. The number of likely N-dealkylation sites (tertiary alicyclic amines) is 1. The van der Waals surface area contributed by atoms with E-state index in [1.165, 1.54) is 26.4 Å². The summed E-state index contributed by atoms with van der Waals surface area (Å²) in [4.78, 5) is 15.0. The molecule has 3 rings (SSSR count). The molecule has 2 aromatic rings. The van der Waals surface area contributed by atoms with Crippen LogP contribution in [0.25, 0.3) is 0 Å². The number of methoxy groups -OCH3 is 2. The summed E-state index contributed by atoms with van der Waals surface area (Å²) in [6.45, 7) is 3.64. The van der Waals surface area contributed by atoms with Crippen LogP contribution in [0.15, 0.2) is 41.4 Å². The molecule has 0 aliphatic carbocycles. The minimum absolute atomic E-state index is 0.104. The van der Waals surface area contributed by atoms with Crippen molar-refractivity contribution in [2.45, 2.75) is 43.7 Å². The summed E-state index contributed by atoms with van der Waals surface area (Å²) in [6.07, 6.45) is 3.69. The van der Waals surface area contributed by atoms with Crippen LogP contribution in [0.5, 0.6) is 11.5 Å². The summed E-state index contributed by atoms with van der Waals surface area (Å²) in [5, 5.41) is 9.27. The van der Waals surface area contributed by atoms with Crippen LogP contribution in [0.3, 0.4) is 0 Å². The molecule has 178 valence electrons. The molecular formula is C23H30N4O5S. The number of nitriles is 1. The van der Waals surface area contributed by atoms with E-state index < -0.39 is 16.1 Å². The quantitative estimate of drug-likeness (QED) is 0.597. The number of rotatable bonds is 9. The van der Waals surface area contributed by atoms with Gasteiger partial charge in [0, 0.05) is 31.9 Å². The number of carbonyl (C=O) groups excluding carboxylic acids is 1. The molecule has 1 aliphatic rings. The Morgan fingerprint density at radius 1 is 1.24 bits per heavy atom. The highest BCUT2D eigenvalue weighted by molar-refractivity contribution is 7.89. The number of benzene rings is 1. The molecule has 0 spiro atoms. The number of ether oxygens (including phenoxy) is 2. The second-order valence-corrected chi connectivity index (χ2v) is 9.87. The first kappa shape index (κ1) is 24.6. The predicted molar refractivity (Wildman–Crippen MR) is 122 cm³/mol. The highest BCUT2D eigenvalue weighted by atomic mass is 32.2. The Morgan fingerprint density at radius 3 is 2.61 bits per heavy atom. The minimum Gasteiger partial charge on any atom is -0.497 e. The fourth-order valence-electron chi connectivity index (χ4n) is 3.91. The molecule has 33 heavy (non-hydrogen) atoms. The van der Waals surface area contributed by atoms with Crippen LogP contribution in [-0.4, -0.2) is 57.1 Å². The van der Waals surface area contributed by atoms with Gasteiger partial charge in [0.15, 0.2) is 0 Å². The van der Waals surface area contributed by atoms with Gasteiger partial charge < -0.3 is 18.9 Å². The average molecular weight is 475 g/mol. The lowest BCUT2D eigenvalue weighted by atomic mass is 9.98. The first-order chi connectivity index (χ1) is 15.8. The van der Waals surface area contributed by atoms with Gasteiger partial charge >= 0.3 is 0 Å². The van der Waals surface area contributed by atoms with Gasteiger partial charge in [-0.2, -0.15) is 9.98 Å². The van der Waals surface area contributed by atoms with Gasteiger partial charge in [0.25, 0.3) is 0 Å². The van der Waals surface area contributed by atoms with Gasteiger partial charge in [-0.05, 0) is 49.4 Å². The number of sulfonamides is 1. The first-order valence-corrected chi connectivity index (χ1v) is 12.4. The number of nitrogens with zero attached hydrogens (tertiary/aromatic N) is 3. The molecule has 10 heteroatoms. The second kappa shape index (κ2) is 10.7. The molecule has 1 fully saturated rings. The Balaban J connectivity index is 1.88. The van der Waals surface area contributed by atoms with E-state index in [0.29, 0.717) is 37.0 Å². The van der Waals surface area contributed by atoms with E-state index in [4.69, 9.17) is 9.47 Å². The van der Waals surface area contributed by atoms with E-state index >= 15 is 0 Å². The Morgan fingerprint density at radius 2 is 1.97 bits per heavy atom. The molecule has 1 saturated heterocycles. The van der Waals surface area contributed by atoms with Crippen LogP contribution >= 0.6 is 0 Å². The third kappa shape index (κ3) is 5.86. The van der Waals surface area contributed by atoms with Gasteiger partial charge in [-0.3, -0.25) is 4.79 Å². The lowest BCUT2D eigenvalue weighted by molar-refractivity contribution is -0.134. The number of aryl methyl sites for hydroxylation is 1. The third-order valence-corrected chi connectivity index (χ3v) is 7.45. The van der Waals surface area contributed by atoms with E-state index in [2.05, 4.69) is 17.7 Å². The summed E-state index contributed by atoms with van der Waals surface area (Å²) >= 11 is 0. The number of nitrogens with one attached hydrogen (secondary N) is 1. The van der Waals surface area contributed by atoms with Gasteiger partial charge in [-0.15, -0.1) is 0 Å². The average Bonchev–Trinajstić information content (AvgIpc) is 3.29. The molecule has 0 saturated carbocycles. The summed E-state index contributed by atoms with van der Waals surface area (Å²) in [6, 6.07) is 9.00. The maximum atomic E-state index is 13.4. The Hall–Kier alpha value is -3.03. The minimum atomic E-state index is -4.11. The van der Waals surface area contributed by atoms with Gasteiger partial charge in [-0.1, -0.05) is 6.92 Å². The molecule has 1 aromatic carbocycles. The maximum Gasteiger partial charge on any atom is 0.245 e. The van der Waals surface area contributed by atoms with E-state index in [1.54, 1.807) is 33.9 Å². The van der Waals surface area contributed by atoms with Crippen molar-refractivity contribution in [2.24, 2.45) is 5.92 Å². The van der Waals surface area contributed by atoms with E-state index in [9.17, 15) is 18.5 Å². The fraction of sp³-hybridized carbons (Fsp3) is 0.478. The fourth-order valence-corrected chi connectivity index (χ4v) is 5.31. The molecule has 1 amide bonds. The standard InChI is InChI=1S/C23H30N4O5S/c1-17-8-12-27(13-9-17)23(28)20(10-14-26-11-4-5-18(26)16-24)25-33(29,30)22-15-19(31-2)6-7-21(22)32-3/h4-7,11,15,17,20,25H,8-10,12-14H2,1-3H3. The summed E-state index contributed by atoms with van der Waals surface area (Å²) in [5.41, 5.74) is 0.449. The van der Waals surface area contributed by atoms with Crippen LogP contribution in [0.4, 0.5) is 0 Å². The molecule has 0 radical (unpaired) electrons. The molecule has 1 N–H and O–H groups in total. The Bertz CT molecular complexity index is 1110. The molecule has 1 atom stereocenters. The lowest BCUT2D eigenvalue weighted by Gasteiger charge is -2.33. The van der Waals surface area contributed by atoms with Crippen molar-refractivity contribution in [2.75, 3.05) is 27.3 Å². The lowest BCUT2D eigenvalue weighted by Crippen LogP contribution is -2.51. The van der Waals surface area contributed by atoms with Crippen LogP contribution in [0.2, 0.25) is 0 Å². The summed E-state index contributed by atoms with van der Waals surface area (Å²) < 4.78 is 41.4. The smallest absolute Gasteiger partial charge is 0.245 e. The molecular weight excluding hydrogens is 444 g/mol. The number of carbonyl (C=O) groups is 1. The van der Waals surface area contributed by atoms with Crippen LogP contribution in [0, 0.1) is 17.2 Å². The zero-order valence-electron chi connectivity index (χ0n) is 19.2. The van der Waals surface area contributed by atoms with E-state index in [1.807, 2.05) is 0 Å². The van der Waals surface area contributed by atoms with Crippen molar-refractivity contribution < 1.29 is 22.7 Å². The summed E-state index contributed by atoms with van der Waals surface area (Å²) in [7, 11) is -1.29. The second-order valence-electron chi connectivity index (χ2n) is 8.19. The zero-order chi connectivity index (χ0) is 24.0. The van der Waals surface area contributed by atoms with Crippen molar-refractivity contribution in [3.63, 3.8) is 0 Å². The van der Waals surface area contributed by atoms with Crippen molar-refractivity contribution in [1.29, 1.82) is 5.26 Å². The summed E-state index contributed by atoms with van der Waals surface area (Å²) in [5.74, 6) is 0.773. The van der Waals surface area contributed by atoms with E-state index in [0.717, 1.165) is 12.8 Å². The third-order valence-electron chi connectivity index (χ3n) is 5.95. The van der Waals surface area contributed by atoms with Crippen molar-refractivity contribution in [3.8, 4) is 17.6 Å². The van der Waals surface area contributed by atoms with E-state index in [-0.39, 0.29) is 23.0 Å². The topological polar surface area (TPSA) is 114 Å². The number of aromatic nitrogens is 1. The predicted octanol–water partition coefficient (Wildman–Crippen LogP) is 2.37. The molecule has 1 unspecified atom stereocenters. The maximum absolute atomic E-state index is 13.4. The molecule has 9 nitrogen and oxygen atoms in total. The van der Waals surface area contributed by atoms with Crippen molar-refractivity contribution in [3.05, 3.63) is 42.2 Å². The van der Waals surface area contributed by atoms with Gasteiger partial charge in [0.05, 0.1) is 14.2 Å². The first-order valence-electron chi connectivity index (χ1n) is 10.9. The highest BCUT2D eigenvalue weighted by Gasteiger charge is 2.32. The van der Waals surface area contributed by atoms with Gasteiger partial charge in [-0.25, -0.2) is 8.42 Å². The number of amides is 1. The highest BCUT2D eigenvalue weighted by Crippen LogP contribution is 2.28. The normalized spacial score (nSPS) is 15.6. The van der Waals surface area contributed by atoms with Crippen LogP contribution < -0.4 is 14.2 Å².